The number of hydrogen-bond acceptors (Lipinski definition) is 10. The number of nitrogens with zero attached hydrogens (tertiary/aromatic N) is 3. The first-order valence-corrected chi connectivity index (χ1v) is 23.0. The number of carbonyl (C=O) groups is 2. The van der Waals surface area contributed by atoms with Gasteiger partial charge in [-0.3, -0.25) is 9.59 Å². The Hall–Kier alpha value is -4.45. The van der Waals surface area contributed by atoms with Crippen LogP contribution in [-0.4, -0.2) is 68.4 Å². The van der Waals surface area contributed by atoms with Gasteiger partial charge in [-0.2, -0.15) is 5.26 Å². The minimum Gasteiger partial charge on any atom is -0.490 e. The number of nitriles is 1. The van der Waals surface area contributed by atoms with Crippen molar-refractivity contribution < 1.29 is 23.8 Å². The normalized spacial score (nSPS) is 11.2. The first kappa shape index (κ1) is 38.4. The number of Topliss-reactive ketones (excluding diaryl/α,β-unsaturated/α-hetero) is 2. The summed E-state index contributed by atoms with van der Waals surface area (Å²) < 4.78 is 21.3. The SMILES string of the molecule is CCc1cc(C(C)(C)c2ccc(OCc3ccnc([NH][Sb]([CH3])[CH3])n3)cc2)cc(C#N)c1OCCOCCNc1cccc(C(C)=O)c1C(C)=O. The van der Waals surface area contributed by atoms with Gasteiger partial charge >= 0.3 is 139 Å². The molecule has 4 rings (SSSR count). The standard InChI is InChI=1S/C37H41N5O5.2CH3.Sb/c1-6-26-20-29(37(4,5)28-10-12-31(13-11-28)47-23-30-14-15-41-36(39)42-30)21-27(22-38)35(26)46-19-18-45-17-16-40-33-9-7-8-32(24(2)43)34(33)25(3)44;;;/h7-15,20-21H,6,16-19,23H2,1-5H3,(H3,39,40,41,42,44);2*1H3;/q;;;+1/p-1. The molecule has 0 fully saturated rings. The minimum absolute atomic E-state index is 0.155. The summed E-state index contributed by atoms with van der Waals surface area (Å²) in [6, 6.07) is 21.5. The van der Waals surface area contributed by atoms with Crippen molar-refractivity contribution in [3.8, 4) is 17.6 Å². The van der Waals surface area contributed by atoms with Gasteiger partial charge in [-0.05, 0) is 38.0 Å². The molecule has 0 aliphatic carbocycles. The van der Waals surface area contributed by atoms with Crippen LogP contribution in [0.25, 0.3) is 0 Å². The van der Waals surface area contributed by atoms with E-state index in [9.17, 15) is 14.9 Å². The van der Waals surface area contributed by atoms with Crippen LogP contribution in [0.5, 0.6) is 11.5 Å². The van der Waals surface area contributed by atoms with Gasteiger partial charge in [0.25, 0.3) is 0 Å². The van der Waals surface area contributed by atoms with Crippen molar-refractivity contribution in [3.63, 3.8) is 0 Å². The number of aryl methyl sites for hydroxylation is 1. The molecule has 1 aromatic heterocycles. The second-order valence-corrected chi connectivity index (χ2v) is 18.3. The summed E-state index contributed by atoms with van der Waals surface area (Å²) in [5, 5.41) is 13.3. The predicted octanol–water partition coefficient (Wildman–Crippen LogP) is 7.39. The third-order valence-corrected chi connectivity index (χ3v) is 10.1. The van der Waals surface area contributed by atoms with E-state index < -0.39 is 20.5 Å². The fraction of sp³-hybridized carbons (Fsp3) is 0.359. The Bertz CT molecular complexity index is 1840. The molecule has 0 saturated heterocycles. The number of ketones is 2. The number of ether oxygens (including phenoxy) is 3. The zero-order chi connectivity index (χ0) is 36.3. The van der Waals surface area contributed by atoms with Gasteiger partial charge in [-0.15, -0.1) is 0 Å². The molecule has 0 unspecified atom stereocenters. The molecule has 0 saturated carbocycles. The molecular formula is C39H46N5O5Sb. The Morgan fingerprint density at radius 3 is 2.36 bits per heavy atom. The molecule has 262 valence electrons. The molecule has 0 amide bonds. The van der Waals surface area contributed by atoms with E-state index in [1.807, 2.05) is 31.2 Å². The smallest absolute Gasteiger partial charge is 0.162 e. The van der Waals surface area contributed by atoms with Crippen LogP contribution in [0.3, 0.4) is 0 Å². The number of aromatic nitrogens is 2. The van der Waals surface area contributed by atoms with Crippen LogP contribution >= 0.6 is 0 Å². The van der Waals surface area contributed by atoms with Crippen molar-refractivity contribution in [2.24, 2.45) is 0 Å². The molecule has 0 bridgehead atoms. The van der Waals surface area contributed by atoms with E-state index in [0.717, 1.165) is 28.1 Å². The fourth-order valence-corrected chi connectivity index (χ4v) is 6.97. The van der Waals surface area contributed by atoms with Crippen LogP contribution in [0.15, 0.2) is 66.9 Å². The van der Waals surface area contributed by atoms with E-state index in [-0.39, 0.29) is 23.6 Å². The fourth-order valence-electron chi connectivity index (χ4n) is 5.52. The summed E-state index contributed by atoms with van der Waals surface area (Å²) in [5.74, 6) is 1.66. The molecule has 0 aliphatic heterocycles. The molecule has 0 aliphatic rings. The Balaban J connectivity index is 1.34. The van der Waals surface area contributed by atoms with Crippen molar-refractivity contribution >= 4 is 43.7 Å². The average Bonchev–Trinajstić information content (AvgIpc) is 3.09. The van der Waals surface area contributed by atoms with E-state index in [0.29, 0.717) is 66.9 Å². The zero-order valence-electron chi connectivity index (χ0n) is 29.9. The summed E-state index contributed by atoms with van der Waals surface area (Å²) in [5.41, 5.74) is 5.37. The average molecular weight is 787 g/mol. The van der Waals surface area contributed by atoms with E-state index >= 15 is 0 Å². The summed E-state index contributed by atoms with van der Waals surface area (Å²) in [6.45, 7) is 11.0. The second-order valence-electron chi connectivity index (χ2n) is 12.5. The molecule has 0 radical (unpaired) electrons. The maximum Gasteiger partial charge on any atom is 0.162 e. The Morgan fingerprint density at radius 1 is 0.940 bits per heavy atom. The largest absolute Gasteiger partial charge is 0.490 e. The van der Waals surface area contributed by atoms with E-state index in [2.05, 4.69) is 66.6 Å². The van der Waals surface area contributed by atoms with Crippen LogP contribution in [0, 0.1) is 11.3 Å². The molecule has 0 atom stereocenters. The van der Waals surface area contributed by atoms with Crippen molar-refractivity contribution in [2.45, 2.75) is 62.8 Å². The van der Waals surface area contributed by atoms with E-state index in [4.69, 9.17) is 14.2 Å². The summed E-state index contributed by atoms with van der Waals surface area (Å²) in [6.07, 6.45) is 2.45. The van der Waals surface area contributed by atoms with Gasteiger partial charge in [0.15, 0.2) is 11.6 Å². The Morgan fingerprint density at radius 2 is 1.70 bits per heavy atom. The van der Waals surface area contributed by atoms with E-state index in [1.54, 1.807) is 24.4 Å². The molecule has 1 heterocycles. The van der Waals surface area contributed by atoms with Gasteiger partial charge in [0.1, 0.15) is 18.4 Å². The number of hydrogen-bond donors (Lipinski definition) is 2. The van der Waals surface area contributed by atoms with Crippen LogP contribution in [0.1, 0.15) is 83.3 Å². The summed E-state index contributed by atoms with van der Waals surface area (Å²) >= 11 is -1.46. The first-order chi connectivity index (χ1) is 23.9. The van der Waals surface area contributed by atoms with Crippen molar-refractivity contribution in [1.29, 1.82) is 5.26 Å². The molecular weight excluding hydrogens is 740 g/mol. The van der Waals surface area contributed by atoms with Crippen LogP contribution in [0.2, 0.25) is 9.74 Å². The number of rotatable bonds is 18. The topological polar surface area (TPSA) is 135 Å². The number of carbonyl (C=O) groups excluding carboxylic acids is 2. The number of anilines is 2. The third kappa shape index (κ3) is 10.1. The second kappa shape index (κ2) is 18.0. The first-order valence-electron chi connectivity index (χ1n) is 16.6. The number of benzene rings is 3. The van der Waals surface area contributed by atoms with Crippen molar-refractivity contribution in [3.05, 3.63) is 106 Å². The van der Waals surface area contributed by atoms with Crippen molar-refractivity contribution in [2.75, 3.05) is 35.2 Å². The molecule has 3 aromatic carbocycles. The molecule has 4 aromatic rings. The maximum atomic E-state index is 12.2. The molecule has 10 nitrogen and oxygen atoms in total. The van der Waals surface area contributed by atoms with Gasteiger partial charge < -0.3 is 14.8 Å². The monoisotopic (exact) mass is 785 g/mol. The minimum atomic E-state index is -1.46. The summed E-state index contributed by atoms with van der Waals surface area (Å²) in [7, 11) is 0. The van der Waals surface area contributed by atoms with Gasteiger partial charge in [0, 0.05) is 17.8 Å². The van der Waals surface area contributed by atoms with Crippen LogP contribution in [0.4, 0.5) is 11.6 Å². The van der Waals surface area contributed by atoms with Gasteiger partial charge in [-0.25, -0.2) is 0 Å². The molecule has 11 heteroatoms. The Kier molecular flexibility index (Phi) is 13.8. The Labute approximate surface area is 302 Å². The number of nitrogens with one attached hydrogen (secondary N) is 2. The molecule has 0 spiro atoms. The summed E-state index contributed by atoms with van der Waals surface area (Å²) in [4.78, 5) is 37.4. The van der Waals surface area contributed by atoms with Gasteiger partial charge in [0.2, 0.25) is 0 Å². The van der Waals surface area contributed by atoms with Gasteiger partial charge in [-0.1, -0.05) is 25.1 Å². The van der Waals surface area contributed by atoms with Crippen molar-refractivity contribution in [1.82, 2.24) is 9.97 Å². The molecule has 50 heavy (non-hydrogen) atoms. The van der Waals surface area contributed by atoms with Crippen LogP contribution < -0.4 is 18.3 Å². The van der Waals surface area contributed by atoms with E-state index in [1.165, 1.54) is 13.8 Å². The zero-order valence-corrected chi connectivity index (χ0v) is 32.5. The molecule has 2 N–H and O–H groups in total. The quantitative estimate of drug-likeness (QED) is 0.0597. The van der Waals surface area contributed by atoms with Gasteiger partial charge in [0.05, 0.1) is 24.3 Å². The predicted molar refractivity (Wildman–Crippen MR) is 198 cm³/mol. The third-order valence-electron chi connectivity index (χ3n) is 8.22. The van der Waals surface area contributed by atoms with Crippen LogP contribution in [-0.2, 0) is 23.2 Å². The maximum absolute atomic E-state index is 12.2.